The Hall–Kier alpha value is -2.12. The first-order valence-corrected chi connectivity index (χ1v) is 9.48. The summed E-state index contributed by atoms with van der Waals surface area (Å²) in [4.78, 5) is 18.3. The molecule has 3 heterocycles. The molecular formula is C19H27N5O2. The van der Waals surface area contributed by atoms with Crippen LogP contribution < -0.4 is 5.32 Å². The van der Waals surface area contributed by atoms with Gasteiger partial charge in [-0.25, -0.2) is 0 Å². The fraction of sp³-hybridized carbons (Fsp3) is 0.579. The molecule has 26 heavy (non-hydrogen) atoms. The summed E-state index contributed by atoms with van der Waals surface area (Å²) >= 11 is 0. The molecule has 2 N–H and O–H groups in total. The summed E-state index contributed by atoms with van der Waals surface area (Å²) in [7, 11) is 1.95. The van der Waals surface area contributed by atoms with Gasteiger partial charge < -0.3 is 15.0 Å². The number of nitrogens with zero attached hydrogens (tertiary/aromatic N) is 3. The molecular weight excluding hydrogens is 330 g/mol. The summed E-state index contributed by atoms with van der Waals surface area (Å²) < 4.78 is 7.95. The molecule has 2 aromatic heterocycles. The first kappa shape index (κ1) is 17.3. The predicted octanol–water partition coefficient (Wildman–Crippen LogP) is 1.82. The standard InChI is InChI=1S/C19H27N5O2/c1-3-24-10-11-26-16(18(24)15-7-9-22-23(15)2)12-21-19(25)14-6-8-20-17(14)13-4-5-13/h6-9,13,16,18,20H,3-5,10-12H2,1-2H3,(H,21,25)/t16-,18-/m0/s1. The van der Waals surface area contributed by atoms with E-state index in [2.05, 4.69) is 27.2 Å². The lowest BCUT2D eigenvalue weighted by molar-refractivity contribution is -0.0708. The van der Waals surface area contributed by atoms with Crippen LogP contribution in [0.4, 0.5) is 0 Å². The number of H-pyrrole nitrogens is 1. The second kappa shape index (κ2) is 7.25. The van der Waals surface area contributed by atoms with Crippen LogP contribution >= 0.6 is 0 Å². The fourth-order valence-corrected chi connectivity index (χ4v) is 3.94. The van der Waals surface area contributed by atoms with Gasteiger partial charge in [0.2, 0.25) is 0 Å². The number of ether oxygens (including phenoxy) is 1. The summed E-state index contributed by atoms with van der Waals surface area (Å²) in [5, 5.41) is 7.41. The molecule has 140 valence electrons. The van der Waals surface area contributed by atoms with Gasteiger partial charge in [-0.3, -0.25) is 14.4 Å². The molecule has 7 nitrogen and oxygen atoms in total. The van der Waals surface area contributed by atoms with Crippen molar-refractivity contribution in [2.45, 2.75) is 37.8 Å². The van der Waals surface area contributed by atoms with Crippen LogP contribution in [0, 0.1) is 0 Å². The molecule has 1 saturated carbocycles. The number of carbonyl (C=O) groups excluding carboxylic acids is 1. The Bertz CT molecular complexity index is 764. The maximum atomic E-state index is 12.7. The zero-order chi connectivity index (χ0) is 18.1. The van der Waals surface area contributed by atoms with Gasteiger partial charge in [-0.2, -0.15) is 5.10 Å². The highest BCUT2D eigenvalue weighted by molar-refractivity contribution is 5.95. The third-order valence-electron chi connectivity index (χ3n) is 5.50. The van der Waals surface area contributed by atoms with Crippen molar-refractivity contribution in [2.75, 3.05) is 26.2 Å². The Morgan fingerprint density at radius 1 is 1.42 bits per heavy atom. The topological polar surface area (TPSA) is 75.2 Å². The Labute approximate surface area is 153 Å². The van der Waals surface area contributed by atoms with Gasteiger partial charge >= 0.3 is 0 Å². The molecule has 0 radical (unpaired) electrons. The minimum absolute atomic E-state index is 0.0193. The number of morpholine rings is 1. The molecule has 7 heteroatoms. The minimum Gasteiger partial charge on any atom is -0.373 e. The smallest absolute Gasteiger partial charge is 0.253 e. The van der Waals surface area contributed by atoms with Crippen LogP contribution in [-0.2, 0) is 11.8 Å². The van der Waals surface area contributed by atoms with Crippen molar-refractivity contribution in [3.8, 4) is 0 Å². The van der Waals surface area contributed by atoms with E-state index in [0.29, 0.717) is 19.1 Å². The molecule has 0 spiro atoms. The molecule has 1 amide bonds. The van der Waals surface area contributed by atoms with Gasteiger partial charge in [-0.15, -0.1) is 0 Å². The second-order valence-corrected chi connectivity index (χ2v) is 7.15. The Morgan fingerprint density at radius 3 is 2.96 bits per heavy atom. The van der Waals surface area contributed by atoms with E-state index in [-0.39, 0.29) is 18.1 Å². The molecule has 0 aromatic carbocycles. The molecule has 2 atom stereocenters. The van der Waals surface area contributed by atoms with Gasteiger partial charge in [-0.05, 0) is 37.4 Å². The monoisotopic (exact) mass is 357 g/mol. The van der Waals surface area contributed by atoms with E-state index in [1.165, 1.54) is 12.8 Å². The van der Waals surface area contributed by atoms with Crippen LogP contribution in [0.15, 0.2) is 24.5 Å². The van der Waals surface area contributed by atoms with E-state index < -0.39 is 0 Å². The SMILES string of the molecule is CCN1CCO[C@@H](CNC(=O)c2cc[nH]c2C2CC2)[C@@H]1c1ccnn1C. The molecule has 2 fully saturated rings. The van der Waals surface area contributed by atoms with E-state index in [4.69, 9.17) is 4.74 Å². The Morgan fingerprint density at radius 2 is 2.27 bits per heavy atom. The summed E-state index contributed by atoms with van der Waals surface area (Å²) in [5.41, 5.74) is 2.96. The maximum Gasteiger partial charge on any atom is 0.253 e. The number of nitrogens with one attached hydrogen (secondary N) is 2. The third-order valence-corrected chi connectivity index (χ3v) is 5.50. The van der Waals surface area contributed by atoms with E-state index in [0.717, 1.165) is 30.0 Å². The molecule has 1 aliphatic heterocycles. The van der Waals surface area contributed by atoms with E-state index in [1.54, 1.807) is 0 Å². The highest BCUT2D eigenvalue weighted by Crippen LogP contribution is 2.40. The first-order chi connectivity index (χ1) is 12.7. The van der Waals surface area contributed by atoms with E-state index in [1.807, 2.05) is 36.3 Å². The van der Waals surface area contributed by atoms with Crippen molar-refractivity contribution in [2.24, 2.45) is 7.05 Å². The van der Waals surface area contributed by atoms with Crippen molar-refractivity contribution in [1.82, 2.24) is 25.0 Å². The van der Waals surface area contributed by atoms with Gasteiger partial charge in [-0.1, -0.05) is 6.92 Å². The first-order valence-electron chi connectivity index (χ1n) is 9.48. The molecule has 0 unspecified atom stereocenters. The normalized spacial score (nSPS) is 23.9. The highest BCUT2D eigenvalue weighted by Gasteiger charge is 2.35. The van der Waals surface area contributed by atoms with Gasteiger partial charge in [0.25, 0.3) is 5.91 Å². The van der Waals surface area contributed by atoms with Crippen molar-refractivity contribution in [3.05, 3.63) is 41.5 Å². The van der Waals surface area contributed by atoms with Crippen molar-refractivity contribution in [1.29, 1.82) is 0 Å². The number of aromatic nitrogens is 3. The summed E-state index contributed by atoms with van der Waals surface area (Å²) in [6, 6.07) is 4.01. The van der Waals surface area contributed by atoms with Gasteiger partial charge in [0, 0.05) is 38.2 Å². The third kappa shape index (κ3) is 3.29. The lowest BCUT2D eigenvalue weighted by atomic mass is 10.0. The van der Waals surface area contributed by atoms with Crippen molar-refractivity contribution < 1.29 is 9.53 Å². The number of hydrogen-bond donors (Lipinski definition) is 2. The average molecular weight is 357 g/mol. The lowest BCUT2D eigenvalue weighted by Gasteiger charge is -2.40. The van der Waals surface area contributed by atoms with Crippen LogP contribution in [0.5, 0.6) is 0 Å². The maximum absolute atomic E-state index is 12.7. The summed E-state index contributed by atoms with van der Waals surface area (Å²) in [6.07, 6.45) is 5.92. The van der Waals surface area contributed by atoms with Crippen LogP contribution in [0.25, 0.3) is 0 Å². The van der Waals surface area contributed by atoms with Crippen LogP contribution in [-0.4, -0.2) is 57.9 Å². The van der Waals surface area contributed by atoms with Crippen LogP contribution in [0.2, 0.25) is 0 Å². The number of likely N-dealkylation sites (N-methyl/N-ethyl adjacent to an activating group) is 1. The zero-order valence-corrected chi connectivity index (χ0v) is 15.4. The number of aryl methyl sites for hydroxylation is 1. The van der Waals surface area contributed by atoms with Gasteiger partial charge in [0.05, 0.1) is 30.0 Å². The summed E-state index contributed by atoms with van der Waals surface area (Å²) in [6.45, 7) is 5.15. The average Bonchev–Trinajstić information content (AvgIpc) is 3.22. The van der Waals surface area contributed by atoms with Gasteiger partial charge in [0.15, 0.2) is 0 Å². The number of aromatic amines is 1. The molecule has 1 aliphatic carbocycles. The molecule has 4 rings (SSSR count). The lowest BCUT2D eigenvalue weighted by Crippen LogP contribution is -2.50. The number of rotatable bonds is 6. The Kier molecular flexibility index (Phi) is 4.82. The zero-order valence-electron chi connectivity index (χ0n) is 15.4. The highest BCUT2D eigenvalue weighted by atomic mass is 16.5. The van der Waals surface area contributed by atoms with E-state index >= 15 is 0 Å². The second-order valence-electron chi connectivity index (χ2n) is 7.15. The Balaban J connectivity index is 1.47. The fourth-order valence-electron chi connectivity index (χ4n) is 3.94. The number of carbonyl (C=O) groups is 1. The quantitative estimate of drug-likeness (QED) is 0.827. The predicted molar refractivity (Wildman–Crippen MR) is 98.0 cm³/mol. The van der Waals surface area contributed by atoms with Crippen molar-refractivity contribution >= 4 is 5.91 Å². The van der Waals surface area contributed by atoms with E-state index in [9.17, 15) is 4.79 Å². The number of amides is 1. The largest absolute Gasteiger partial charge is 0.373 e. The minimum atomic E-state index is -0.0913. The van der Waals surface area contributed by atoms with Crippen LogP contribution in [0.3, 0.4) is 0 Å². The molecule has 1 saturated heterocycles. The van der Waals surface area contributed by atoms with Crippen molar-refractivity contribution in [3.63, 3.8) is 0 Å². The molecule has 2 aromatic rings. The van der Waals surface area contributed by atoms with Crippen LogP contribution in [0.1, 0.15) is 53.5 Å². The summed E-state index contributed by atoms with van der Waals surface area (Å²) in [5.74, 6) is 0.503. The van der Waals surface area contributed by atoms with Gasteiger partial charge in [0.1, 0.15) is 0 Å². The molecule has 0 bridgehead atoms. The number of hydrogen-bond acceptors (Lipinski definition) is 4. The molecule has 2 aliphatic rings.